The summed E-state index contributed by atoms with van der Waals surface area (Å²) in [6, 6.07) is 0. The fourth-order valence-electron chi connectivity index (χ4n) is 1.93. The van der Waals surface area contributed by atoms with Crippen LogP contribution in [0.5, 0.6) is 0 Å². The number of nitrogens with one attached hydrogen (secondary N) is 1. The van der Waals surface area contributed by atoms with Crippen LogP contribution in [0.3, 0.4) is 0 Å². The zero-order valence-electron chi connectivity index (χ0n) is 9.12. The Bertz CT molecular complexity index is 198. The summed E-state index contributed by atoms with van der Waals surface area (Å²) in [6.07, 6.45) is 1.95. The smallest absolute Gasteiger partial charge is 0.425 e. The largest absolute Gasteiger partial charge is 0.452 e. The van der Waals surface area contributed by atoms with Gasteiger partial charge < -0.3 is 4.74 Å². The summed E-state index contributed by atoms with van der Waals surface area (Å²) in [5.74, 6) is 0. The molecule has 0 bridgehead atoms. The van der Waals surface area contributed by atoms with Crippen molar-refractivity contribution in [3.63, 3.8) is 0 Å². The molecule has 0 aromatic heterocycles. The first-order chi connectivity index (χ1) is 6.74. The lowest BCUT2D eigenvalue weighted by Gasteiger charge is -2.32. The van der Waals surface area contributed by atoms with Crippen molar-refractivity contribution in [2.45, 2.75) is 25.9 Å². The SMILES string of the molecule is CCN1CCCC1N(NC)C(=O)OC. The van der Waals surface area contributed by atoms with Crippen molar-refractivity contribution in [1.29, 1.82) is 0 Å². The number of hydrazine groups is 1. The van der Waals surface area contributed by atoms with E-state index in [-0.39, 0.29) is 12.3 Å². The number of hydrogen-bond donors (Lipinski definition) is 1. The van der Waals surface area contributed by atoms with Gasteiger partial charge in [-0.2, -0.15) is 0 Å². The van der Waals surface area contributed by atoms with Gasteiger partial charge in [0.1, 0.15) is 6.17 Å². The van der Waals surface area contributed by atoms with Crippen molar-refractivity contribution in [3.8, 4) is 0 Å². The molecule has 1 atom stereocenters. The van der Waals surface area contributed by atoms with Gasteiger partial charge in [0.05, 0.1) is 7.11 Å². The van der Waals surface area contributed by atoms with Crippen molar-refractivity contribution >= 4 is 6.09 Å². The highest BCUT2D eigenvalue weighted by Gasteiger charge is 2.31. The van der Waals surface area contributed by atoms with Crippen molar-refractivity contribution in [2.24, 2.45) is 0 Å². The van der Waals surface area contributed by atoms with Crippen molar-refractivity contribution in [3.05, 3.63) is 0 Å². The zero-order chi connectivity index (χ0) is 10.6. The fourth-order valence-corrected chi connectivity index (χ4v) is 1.93. The van der Waals surface area contributed by atoms with Crippen LogP contribution in [0, 0.1) is 0 Å². The second kappa shape index (κ2) is 5.17. The first-order valence-electron chi connectivity index (χ1n) is 5.03. The summed E-state index contributed by atoms with van der Waals surface area (Å²) in [6.45, 7) is 4.11. The predicted molar refractivity (Wildman–Crippen MR) is 53.6 cm³/mol. The number of ether oxygens (including phenoxy) is 1. The normalized spacial score (nSPS) is 22.4. The van der Waals surface area contributed by atoms with Gasteiger partial charge in [0.2, 0.25) is 0 Å². The molecule has 5 heteroatoms. The maximum absolute atomic E-state index is 11.4. The van der Waals surface area contributed by atoms with E-state index < -0.39 is 0 Å². The molecule has 1 saturated heterocycles. The molecule has 1 rings (SSSR count). The molecule has 1 aliphatic heterocycles. The molecule has 1 N–H and O–H groups in total. The van der Waals surface area contributed by atoms with Crippen LogP contribution >= 0.6 is 0 Å². The molecule has 0 spiro atoms. The van der Waals surface area contributed by atoms with E-state index in [1.54, 1.807) is 12.1 Å². The van der Waals surface area contributed by atoms with Crippen LogP contribution in [-0.2, 0) is 4.74 Å². The van der Waals surface area contributed by atoms with E-state index in [1.807, 2.05) is 0 Å². The van der Waals surface area contributed by atoms with Gasteiger partial charge in [-0.1, -0.05) is 6.92 Å². The van der Waals surface area contributed by atoms with Gasteiger partial charge in [-0.15, -0.1) is 0 Å². The van der Waals surface area contributed by atoms with E-state index in [0.29, 0.717) is 0 Å². The van der Waals surface area contributed by atoms with E-state index in [2.05, 4.69) is 17.2 Å². The molecule has 14 heavy (non-hydrogen) atoms. The molecule has 0 aliphatic carbocycles. The molecule has 0 aromatic rings. The van der Waals surface area contributed by atoms with E-state index in [9.17, 15) is 4.79 Å². The standard InChI is InChI=1S/C9H19N3O2/c1-4-11-7-5-6-8(11)12(10-2)9(13)14-3/h8,10H,4-7H2,1-3H3. The highest BCUT2D eigenvalue weighted by Crippen LogP contribution is 2.19. The van der Waals surface area contributed by atoms with E-state index in [0.717, 1.165) is 25.9 Å². The Morgan fingerprint density at radius 3 is 2.93 bits per heavy atom. The fraction of sp³-hybridized carbons (Fsp3) is 0.889. The van der Waals surface area contributed by atoms with E-state index >= 15 is 0 Å². The third kappa shape index (κ3) is 2.16. The van der Waals surface area contributed by atoms with Gasteiger partial charge in [-0.25, -0.2) is 15.2 Å². The number of carbonyl (C=O) groups is 1. The quantitative estimate of drug-likeness (QED) is 0.680. The van der Waals surface area contributed by atoms with Gasteiger partial charge in [0.25, 0.3) is 0 Å². The maximum atomic E-state index is 11.4. The first-order valence-corrected chi connectivity index (χ1v) is 5.03. The molecule has 1 heterocycles. The number of rotatable bonds is 3. The third-order valence-corrected chi connectivity index (χ3v) is 2.65. The molecule has 1 unspecified atom stereocenters. The predicted octanol–water partition coefficient (Wildman–Crippen LogP) is 0.631. The second-order valence-corrected chi connectivity index (χ2v) is 3.32. The summed E-state index contributed by atoms with van der Waals surface area (Å²) in [4.78, 5) is 13.7. The lowest BCUT2D eigenvalue weighted by Crippen LogP contribution is -2.53. The number of methoxy groups -OCH3 is 1. The molecular formula is C9H19N3O2. The Morgan fingerprint density at radius 1 is 1.71 bits per heavy atom. The highest BCUT2D eigenvalue weighted by molar-refractivity contribution is 5.67. The summed E-state index contributed by atoms with van der Waals surface area (Å²) < 4.78 is 4.71. The molecular weight excluding hydrogens is 182 g/mol. The summed E-state index contributed by atoms with van der Waals surface area (Å²) >= 11 is 0. The van der Waals surface area contributed by atoms with Gasteiger partial charge in [0.15, 0.2) is 0 Å². The topological polar surface area (TPSA) is 44.8 Å². The molecule has 5 nitrogen and oxygen atoms in total. The van der Waals surface area contributed by atoms with Crippen molar-refractivity contribution in [1.82, 2.24) is 15.3 Å². The first kappa shape index (κ1) is 11.3. The summed E-state index contributed by atoms with van der Waals surface area (Å²) in [7, 11) is 3.14. The van der Waals surface area contributed by atoms with Gasteiger partial charge in [0, 0.05) is 13.6 Å². The van der Waals surface area contributed by atoms with Gasteiger partial charge in [-0.05, 0) is 19.4 Å². The minimum atomic E-state index is -0.321. The van der Waals surface area contributed by atoms with E-state index in [1.165, 1.54) is 7.11 Å². The van der Waals surface area contributed by atoms with Crippen molar-refractivity contribution in [2.75, 3.05) is 27.2 Å². The minimum absolute atomic E-state index is 0.137. The molecule has 1 amide bonds. The maximum Gasteiger partial charge on any atom is 0.425 e. The van der Waals surface area contributed by atoms with Crippen LogP contribution in [-0.4, -0.2) is 49.4 Å². The van der Waals surface area contributed by atoms with Crippen LogP contribution < -0.4 is 5.43 Å². The minimum Gasteiger partial charge on any atom is -0.452 e. The monoisotopic (exact) mass is 201 g/mol. The Labute approximate surface area is 85.0 Å². The van der Waals surface area contributed by atoms with Crippen molar-refractivity contribution < 1.29 is 9.53 Å². The van der Waals surface area contributed by atoms with Gasteiger partial charge in [-0.3, -0.25) is 4.90 Å². The van der Waals surface area contributed by atoms with Crippen LogP contribution in [0.1, 0.15) is 19.8 Å². The Hall–Kier alpha value is -0.810. The molecule has 1 fully saturated rings. The molecule has 0 saturated carbocycles. The average Bonchev–Trinajstić information content (AvgIpc) is 2.66. The number of hydrogen-bond acceptors (Lipinski definition) is 4. The molecule has 0 radical (unpaired) electrons. The van der Waals surface area contributed by atoms with E-state index in [4.69, 9.17) is 4.74 Å². The highest BCUT2D eigenvalue weighted by atomic mass is 16.5. The number of carbonyl (C=O) groups excluding carboxylic acids is 1. The number of likely N-dealkylation sites (tertiary alicyclic amines) is 1. The Kier molecular flexibility index (Phi) is 4.16. The summed E-state index contributed by atoms with van der Waals surface area (Å²) in [5, 5.41) is 1.55. The molecule has 82 valence electrons. The molecule has 0 aromatic carbocycles. The summed E-state index contributed by atoms with van der Waals surface area (Å²) in [5.41, 5.74) is 2.88. The van der Waals surface area contributed by atoms with Crippen LogP contribution in [0.25, 0.3) is 0 Å². The average molecular weight is 201 g/mol. The Balaban J connectivity index is 2.63. The molecule has 1 aliphatic rings. The van der Waals surface area contributed by atoms with Crippen LogP contribution in [0.2, 0.25) is 0 Å². The van der Waals surface area contributed by atoms with Gasteiger partial charge >= 0.3 is 6.09 Å². The zero-order valence-corrected chi connectivity index (χ0v) is 9.12. The number of nitrogens with zero attached hydrogens (tertiary/aromatic N) is 2. The lowest BCUT2D eigenvalue weighted by atomic mass is 10.3. The third-order valence-electron chi connectivity index (χ3n) is 2.65. The van der Waals surface area contributed by atoms with Crippen LogP contribution in [0.15, 0.2) is 0 Å². The lowest BCUT2D eigenvalue weighted by molar-refractivity contribution is 0.0337. The Morgan fingerprint density at radius 2 is 2.43 bits per heavy atom. The second-order valence-electron chi connectivity index (χ2n) is 3.32. The van der Waals surface area contributed by atoms with Crippen LogP contribution in [0.4, 0.5) is 4.79 Å². The number of amides is 1.